The molecule has 5 rings (SSSR count). The Kier molecular flexibility index (Phi) is 4.87. The fourth-order valence-corrected chi connectivity index (χ4v) is 6.80. The molecule has 0 atom stereocenters. The van der Waals surface area contributed by atoms with E-state index in [1.807, 2.05) is 0 Å². The second kappa shape index (κ2) is 7.45. The number of aromatic nitrogens is 2. The van der Waals surface area contributed by atoms with Crippen LogP contribution in [0.4, 0.5) is 0 Å². The van der Waals surface area contributed by atoms with Gasteiger partial charge in [-0.2, -0.15) is 16.8 Å². The molecule has 0 aliphatic carbocycles. The number of hydrogen-bond acceptors (Lipinski definition) is 12. The molecule has 5 aromatic rings. The molecule has 0 unspecified atom stereocenters. The zero-order valence-electron chi connectivity index (χ0n) is 16.2. The minimum atomic E-state index is -4.49. The number of nitrogens with zero attached hydrogens (tertiary/aromatic N) is 2. The minimum Gasteiger partial charge on any atom is -0.276 e. The molecule has 0 spiro atoms. The van der Waals surface area contributed by atoms with E-state index in [1.54, 1.807) is 0 Å². The van der Waals surface area contributed by atoms with Gasteiger partial charge in [0.2, 0.25) is 0 Å². The summed E-state index contributed by atoms with van der Waals surface area (Å²) in [6.07, 6.45) is 0. The first kappa shape index (κ1) is 22.2. The third-order valence-electron chi connectivity index (χ3n) is 4.65. The van der Waals surface area contributed by atoms with E-state index >= 15 is 0 Å². The Balaban J connectivity index is 1.67. The fourth-order valence-electron chi connectivity index (χ4n) is 3.15. The van der Waals surface area contributed by atoms with Gasteiger partial charge >= 0.3 is 20.2 Å². The average Bonchev–Trinajstić information content (AvgIpc) is 3.58. The third-order valence-corrected chi connectivity index (χ3v) is 9.72. The molecule has 1 aromatic carbocycles. The Hall–Kier alpha value is -3.60. The lowest BCUT2D eigenvalue weighted by Crippen LogP contribution is -2.35. The van der Waals surface area contributed by atoms with Crippen LogP contribution < -0.4 is 30.8 Å². The zero-order chi connectivity index (χ0) is 24.4. The molecule has 0 amide bonds. The van der Waals surface area contributed by atoms with Gasteiger partial charge in [0, 0.05) is 0 Å². The molecular formula is C18H8N2O10S4. The normalized spacial score (nSPS) is 12.5. The lowest BCUT2D eigenvalue weighted by atomic mass is 10.1. The molecule has 0 aliphatic rings. The van der Waals surface area contributed by atoms with Crippen molar-refractivity contribution in [3.8, 4) is 0 Å². The molecule has 4 heterocycles. The molecule has 0 bridgehead atoms. The Morgan fingerprint density at radius 3 is 1.18 bits per heavy atom. The topological polar surface area (TPSA) is 165 Å². The maximum absolute atomic E-state index is 12.7. The Bertz CT molecular complexity index is 1780. The van der Waals surface area contributed by atoms with Crippen molar-refractivity contribution in [1.29, 1.82) is 0 Å². The highest BCUT2D eigenvalue weighted by molar-refractivity contribution is 7.89. The van der Waals surface area contributed by atoms with E-state index in [0.717, 1.165) is 34.8 Å². The summed E-state index contributed by atoms with van der Waals surface area (Å²) in [4.78, 5) is 50.8. The van der Waals surface area contributed by atoms with E-state index in [2.05, 4.69) is 0 Å². The van der Waals surface area contributed by atoms with Crippen molar-refractivity contribution in [1.82, 2.24) is 9.46 Å². The maximum Gasteiger partial charge on any atom is 0.366 e. The SMILES string of the molecule is O=c1c2cc3c(=O)n(OS(=O)(=O)c4cccs4)c(=O)c3cc2c(=O)n1OS(=O)(=O)c1cccs1. The van der Waals surface area contributed by atoms with Crippen LogP contribution in [-0.4, -0.2) is 26.3 Å². The van der Waals surface area contributed by atoms with Gasteiger partial charge in [-0.15, -0.1) is 22.7 Å². The zero-order valence-corrected chi connectivity index (χ0v) is 19.5. The minimum absolute atomic E-state index is 0.0133. The summed E-state index contributed by atoms with van der Waals surface area (Å²) in [6, 6.07) is 7.04. The van der Waals surface area contributed by atoms with Gasteiger partial charge in [-0.3, -0.25) is 27.7 Å². The van der Waals surface area contributed by atoms with Crippen LogP contribution in [0.2, 0.25) is 0 Å². The molecule has 34 heavy (non-hydrogen) atoms. The Morgan fingerprint density at radius 2 is 0.912 bits per heavy atom. The van der Waals surface area contributed by atoms with Gasteiger partial charge in [0.05, 0.1) is 21.5 Å². The van der Waals surface area contributed by atoms with E-state index < -0.39 is 64.0 Å². The highest BCUT2D eigenvalue weighted by atomic mass is 32.3. The quantitative estimate of drug-likeness (QED) is 0.278. The van der Waals surface area contributed by atoms with Crippen LogP contribution in [-0.2, 0) is 20.2 Å². The first-order chi connectivity index (χ1) is 16.0. The molecule has 0 radical (unpaired) electrons. The van der Waals surface area contributed by atoms with E-state index in [9.17, 15) is 36.0 Å². The lowest BCUT2D eigenvalue weighted by Gasteiger charge is -2.02. The molecule has 4 aromatic heterocycles. The van der Waals surface area contributed by atoms with Gasteiger partial charge in [0.1, 0.15) is 0 Å². The number of rotatable bonds is 6. The summed E-state index contributed by atoms with van der Waals surface area (Å²) in [7, 11) is -8.99. The van der Waals surface area contributed by atoms with Crippen molar-refractivity contribution in [2.24, 2.45) is 0 Å². The van der Waals surface area contributed by atoms with Crippen molar-refractivity contribution in [3.05, 3.63) is 88.6 Å². The smallest absolute Gasteiger partial charge is 0.276 e. The molecule has 0 saturated heterocycles. The van der Waals surface area contributed by atoms with Crippen molar-refractivity contribution in [3.63, 3.8) is 0 Å². The third kappa shape index (κ3) is 3.30. The molecule has 0 N–H and O–H groups in total. The van der Waals surface area contributed by atoms with Crippen molar-refractivity contribution in [2.45, 2.75) is 8.42 Å². The second-order valence-corrected chi connectivity index (χ2v) is 12.1. The lowest BCUT2D eigenvalue weighted by molar-refractivity contribution is 0.264. The standard InChI is InChI=1S/C18H8N2O10S4/c21-15-9-7-11-12(18(24)20(17(11)23)30-34(27,28)14-4-2-6-32-14)8-10(9)16(22)19(15)29-33(25,26)13-3-1-5-31-13/h1-8H. The number of hydrogen-bond donors (Lipinski definition) is 0. The van der Waals surface area contributed by atoms with E-state index in [4.69, 9.17) is 8.57 Å². The predicted molar refractivity (Wildman–Crippen MR) is 121 cm³/mol. The average molecular weight is 541 g/mol. The molecule has 0 saturated carbocycles. The maximum atomic E-state index is 12.7. The first-order valence-electron chi connectivity index (χ1n) is 8.93. The van der Waals surface area contributed by atoms with Gasteiger partial charge in [-0.1, -0.05) is 21.6 Å². The summed E-state index contributed by atoms with van der Waals surface area (Å²) in [5.74, 6) is 0. The number of fused-ring (bicyclic) bond motifs is 2. The van der Waals surface area contributed by atoms with Crippen LogP contribution in [0.3, 0.4) is 0 Å². The van der Waals surface area contributed by atoms with Crippen molar-refractivity contribution < 1.29 is 25.4 Å². The molecule has 12 nitrogen and oxygen atoms in total. The molecule has 0 aliphatic heterocycles. The Morgan fingerprint density at radius 1 is 0.588 bits per heavy atom. The summed E-state index contributed by atoms with van der Waals surface area (Å²) in [5.41, 5.74) is -4.75. The van der Waals surface area contributed by atoms with E-state index in [-0.39, 0.29) is 17.9 Å². The molecule has 174 valence electrons. The van der Waals surface area contributed by atoms with Crippen molar-refractivity contribution in [2.75, 3.05) is 0 Å². The van der Waals surface area contributed by atoms with Gasteiger partial charge in [-0.05, 0) is 35.0 Å². The first-order valence-corrected chi connectivity index (χ1v) is 13.5. The van der Waals surface area contributed by atoms with Gasteiger partial charge in [0.15, 0.2) is 8.42 Å². The van der Waals surface area contributed by atoms with Gasteiger partial charge in [-0.25, -0.2) is 0 Å². The summed E-state index contributed by atoms with van der Waals surface area (Å²) < 4.78 is 58.2. The largest absolute Gasteiger partial charge is 0.366 e. The highest BCUT2D eigenvalue weighted by Crippen LogP contribution is 2.19. The van der Waals surface area contributed by atoms with Crippen LogP contribution >= 0.6 is 22.7 Å². The second-order valence-electron chi connectivity index (χ2n) is 6.67. The summed E-state index contributed by atoms with van der Waals surface area (Å²) >= 11 is 1.60. The van der Waals surface area contributed by atoms with Crippen molar-refractivity contribution >= 4 is 64.5 Å². The van der Waals surface area contributed by atoms with Crippen LogP contribution in [0, 0.1) is 0 Å². The van der Waals surface area contributed by atoms with Gasteiger partial charge in [0.25, 0.3) is 22.2 Å². The molecular weight excluding hydrogens is 532 g/mol. The Labute approximate surface area is 195 Å². The number of thiophene rings is 2. The van der Waals surface area contributed by atoms with Gasteiger partial charge < -0.3 is 0 Å². The van der Waals surface area contributed by atoms with Crippen LogP contribution in [0.5, 0.6) is 0 Å². The summed E-state index contributed by atoms with van der Waals surface area (Å²) in [6.45, 7) is 0. The van der Waals surface area contributed by atoms with Crippen LogP contribution in [0.25, 0.3) is 21.5 Å². The van der Waals surface area contributed by atoms with E-state index in [0.29, 0.717) is 0 Å². The molecule has 0 fully saturated rings. The fraction of sp³-hybridized carbons (Fsp3) is 0. The monoisotopic (exact) mass is 540 g/mol. The van der Waals surface area contributed by atoms with Crippen LogP contribution in [0.1, 0.15) is 0 Å². The molecule has 16 heteroatoms. The highest BCUT2D eigenvalue weighted by Gasteiger charge is 2.27. The summed E-state index contributed by atoms with van der Waals surface area (Å²) in [5, 5.41) is 1.27. The predicted octanol–water partition coefficient (Wildman–Crippen LogP) is -0.330. The number of benzene rings is 1. The van der Waals surface area contributed by atoms with Crippen LogP contribution in [0.15, 0.2) is 74.8 Å². The van der Waals surface area contributed by atoms with E-state index in [1.165, 1.54) is 35.0 Å².